The Labute approximate surface area is 158 Å². The number of aromatic hydroxyl groups is 1. The van der Waals surface area contributed by atoms with Crippen molar-refractivity contribution in [3.63, 3.8) is 0 Å². The number of aromatic nitrogens is 2. The highest BCUT2D eigenvalue weighted by Crippen LogP contribution is 2.36. The quantitative estimate of drug-likeness (QED) is 0.521. The molecule has 0 fully saturated rings. The molecular weight excluding hydrogens is 366 g/mol. The van der Waals surface area contributed by atoms with Crippen molar-refractivity contribution in [2.45, 2.75) is 19.4 Å². The fraction of sp³-hybridized carbons (Fsp3) is 0.158. The van der Waals surface area contributed by atoms with Crippen LogP contribution in [0.4, 0.5) is 5.13 Å². The van der Waals surface area contributed by atoms with Gasteiger partial charge in [0.1, 0.15) is 0 Å². The molecule has 1 amide bonds. The van der Waals surface area contributed by atoms with E-state index in [1.807, 2.05) is 60.3 Å². The molecule has 1 unspecified atom stereocenters. The van der Waals surface area contributed by atoms with E-state index in [2.05, 4.69) is 10.3 Å². The predicted molar refractivity (Wildman–Crippen MR) is 106 cm³/mol. The van der Waals surface area contributed by atoms with Gasteiger partial charge in [0.25, 0.3) is 0 Å². The number of aryl methyl sites for hydroxylation is 1. The van der Waals surface area contributed by atoms with Crippen molar-refractivity contribution >= 4 is 44.5 Å². The van der Waals surface area contributed by atoms with Crippen molar-refractivity contribution < 1.29 is 9.90 Å². The average Bonchev–Trinajstić information content (AvgIpc) is 3.35. The minimum Gasteiger partial charge on any atom is -0.494 e. The standard InChI is InChI=1S/C19H17N3O2S2/c1-12-11-26-19(20-12)21-17(23)9-15(16-7-4-8-25-16)22-10-13-5-2-3-6-14(13)18(22)24/h2-8,10-11,15,24H,9H2,1H3,(H,20,21,23). The summed E-state index contributed by atoms with van der Waals surface area (Å²) < 4.78 is 1.78. The van der Waals surface area contributed by atoms with Crippen molar-refractivity contribution in [3.8, 4) is 5.88 Å². The molecule has 3 heterocycles. The van der Waals surface area contributed by atoms with Crippen LogP contribution in [0.2, 0.25) is 0 Å². The first-order chi connectivity index (χ1) is 12.6. The van der Waals surface area contributed by atoms with Gasteiger partial charge >= 0.3 is 0 Å². The molecule has 0 bridgehead atoms. The molecule has 0 aliphatic heterocycles. The van der Waals surface area contributed by atoms with Crippen LogP contribution in [0.5, 0.6) is 5.88 Å². The number of nitrogens with zero attached hydrogens (tertiary/aromatic N) is 2. The Balaban J connectivity index is 1.66. The molecule has 3 aromatic heterocycles. The number of rotatable bonds is 5. The van der Waals surface area contributed by atoms with Crippen molar-refractivity contribution in [1.29, 1.82) is 0 Å². The number of thiophene rings is 1. The maximum atomic E-state index is 12.6. The number of nitrogens with one attached hydrogen (secondary N) is 1. The first-order valence-corrected chi connectivity index (χ1v) is 9.91. The van der Waals surface area contributed by atoms with Gasteiger partial charge in [-0.15, -0.1) is 22.7 Å². The fourth-order valence-corrected chi connectivity index (χ4v) is 4.50. The predicted octanol–water partition coefficient (Wildman–Crippen LogP) is 4.79. The number of carbonyl (C=O) groups excluding carboxylic acids is 1. The Morgan fingerprint density at radius 3 is 2.81 bits per heavy atom. The van der Waals surface area contributed by atoms with Crippen molar-refractivity contribution in [3.05, 3.63) is 63.9 Å². The number of thiazole rings is 1. The molecule has 0 saturated carbocycles. The monoisotopic (exact) mass is 383 g/mol. The minimum absolute atomic E-state index is 0.130. The summed E-state index contributed by atoms with van der Waals surface area (Å²) in [5.74, 6) is 0.0480. The lowest BCUT2D eigenvalue weighted by Gasteiger charge is -2.18. The van der Waals surface area contributed by atoms with Gasteiger partial charge in [-0.1, -0.05) is 24.3 Å². The van der Waals surface area contributed by atoms with Gasteiger partial charge in [0.05, 0.1) is 18.2 Å². The van der Waals surface area contributed by atoms with Gasteiger partial charge in [0.2, 0.25) is 5.91 Å². The molecule has 1 aromatic carbocycles. The molecule has 7 heteroatoms. The van der Waals surface area contributed by atoms with Crippen molar-refractivity contribution in [2.24, 2.45) is 0 Å². The second-order valence-electron chi connectivity index (χ2n) is 6.02. The van der Waals surface area contributed by atoms with Gasteiger partial charge < -0.3 is 15.0 Å². The van der Waals surface area contributed by atoms with Crippen LogP contribution in [0, 0.1) is 6.92 Å². The number of carbonyl (C=O) groups is 1. The van der Waals surface area contributed by atoms with Gasteiger partial charge in [-0.05, 0) is 24.4 Å². The van der Waals surface area contributed by atoms with E-state index < -0.39 is 0 Å². The zero-order chi connectivity index (χ0) is 18.1. The molecule has 4 aromatic rings. The van der Waals surface area contributed by atoms with Gasteiger partial charge in [-0.2, -0.15) is 0 Å². The number of hydrogen-bond donors (Lipinski definition) is 2. The average molecular weight is 383 g/mol. The Morgan fingerprint density at radius 2 is 2.12 bits per heavy atom. The highest BCUT2D eigenvalue weighted by molar-refractivity contribution is 7.14. The topological polar surface area (TPSA) is 67.2 Å². The Morgan fingerprint density at radius 1 is 1.27 bits per heavy atom. The van der Waals surface area contributed by atoms with Crippen molar-refractivity contribution in [1.82, 2.24) is 9.55 Å². The number of benzene rings is 1. The van der Waals surface area contributed by atoms with Crippen LogP contribution >= 0.6 is 22.7 Å². The maximum absolute atomic E-state index is 12.6. The van der Waals surface area contributed by atoms with Gasteiger partial charge in [-0.3, -0.25) is 4.79 Å². The molecule has 26 heavy (non-hydrogen) atoms. The van der Waals surface area contributed by atoms with Crippen LogP contribution in [-0.2, 0) is 4.79 Å². The Kier molecular flexibility index (Phi) is 4.48. The molecule has 132 valence electrons. The molecule has 4 rings (SSSR count). The lowest BCUT2D eigenvalue weighted by molar-refractivity contribution is -0.116. The van der Waals surface area contributed by atoms with E-state index in [0.717, 1.165) is 21.3 Å². The largest absolute Gasteiger partial charge is 0.494 e. The molecular formula is C19H17N3O2S2. The van der Waals surface area contributed by atoms with Gasteiger partial charge in [0.15, 0.2) is 11.0 Å². The van der Waals surface area contributed by atoms with Gasteiger partial charge in [0, 0.05) is 27.2 Å². The molecule has 5 nitrogen and oxygen atoms in total. The van der Waals surface area contributed by atoms with Crippen LogP contribution in [0.15, 0.2) is 53.4 Å². The molecule has 1 atom stereocenters. The van der Waals surface area contributed by atoms with Gasteiger partial charge in [-0.25, -0.2) is 4.98 Å². The molecule has 2 N–H and O–H groups in total. The third-order valence-electron chi connectivity index (χ3n) is 4.18. The second-order valence-corrected chi connectivity index (χ2v) is 7.86. The number of amides is 1. The number of fused-ring (bicyclic) bond motifs is 1. The van der Waals surface area contributed by atoms with Crippen LogP contribution < -0.4 is 5.32 Å². The molecule has 0 radical (unpaired) electrons. The maximum Gasteiger partial charge on any atom is 0.228 e. The number of anilines is 1. The first-order valence-electron chi connectivity index (χ1n) is 8.16. The first kappa shape index (κ1) is 16.8. The second kappa shape index (κ2) is 6.93. The van der Waals surface area contributed by atoms with Crippen LogP contribution in [0.3, 0.4) is 0 Å². The summed E-state index contributed by atoms with van der Waals surface area (Å²) in [4.78, 5) is 17.9. The molecule has 0 aliphatic carbocycles. The lowest BCUT2D eigenvalue weighted by Crippen LogP contribution is -2.19. The highest BCUT2D eigenvalue weighted by atomic mass is 32.1. The zero-order valence-corrected chi connectivity index (χ0v) is 15.7. The third-order valence-corrected chi connectivity index (χ3v) is 6.03. The summed E-state index contributed by atoms with van der Waals surface area (Å²) in [5.41, 5.74) is 0.884. The van der Waals surface area contributed by atoms with E-state index in [-0.39, 0.29) is 24.2 Å². The highest BCUT2D eigenvalue weighted by Gasteiger charge is 2.23. The van der Waals surface area contributed by atoms with E-state index in [1.165, 1.54) is 11.3 Å². The Bertz CT molecular complexity index is 1050. The fourth-order valence-electron chi connectivity index (χ4n) is 2.98. The van der Waals surface area contributed by atoms with Crippen LogP contribution in [-0.4, -0.2) is 20.6 Å². The van der Waals surface area contributed by atoms with E-state index in [0.29, 0.717) is 5.13 Å². The molecule has 0 saturated heterocycles. The summed E-state index contributed by atoms with van der Waals surface area (Å²) in [7, 11) is 0. The zero-order valence-electron chi connectivity index (χ0n) is 14.0. The normalized spacial score (nSPS) is 12.3. The summed E-state index contributed by atoms with van der Waals surface area (Å²) >= 11 is 2.98. The SMILES string of the molecule is Cc1csc(NC(=O)CC(c2cccs2)n2cc3ccccc3c2O)n1. The van der Waals surface area contributed by atoms with Crippen LogP contribution in [0.1, 0.15) is 23.0 Å². The summed E-state index contributed by atoms with van der Waals surface area (Å²) in [5, 5.41) is 19.7. The number of hydrogen-bond acceptors (Lipinski definition) is 5. The van der Waals surface area contributed by atoms with Crippen molar-refractivity contribution in [2.75, 3.05) is 5.32 Å². The summed E-state index contributed by atoms with van der Waals surface area (Å²) in [6.07, 6.45) is 2.11. The van der Waals surface area contributed by atoms with Crippen LogP contribution in [0.25, 0.3) is 10.8 Å². The summed E-state index contributed by atoms with van der Waals surface area (Å²) in [6.45, 7) is 1.89. The van der Waals surface area contributed by atoms with E-state index in [4.69, 9.17) is 0 Å². The summed E-state index contributed by atoms with van der Waals surface area (Å²) in [6, 6.07) is 11.3. The lowest BCUT2D eigenvalue weighted by atomic mass is 10.1. The molecule has 0 spiro atoms. The minimum atomic E-state index is -0.275. The smallest absolute Gasteiger partial charge is 0.228 e. The van der Waals surface area contributed by atoms with E-state index in [9.17, 15) is 9.90 Å². The Hall–Kier alpha value is -2.64. The molecule has 0 aliphatic rings. The van der Waals surface area contributed by atoms with E-state index >= 15 is 0 Å². The van der Waals surface area contributed by atoms with E-state index in [1.54, 1.807) is 15.9 Å². The third kappa shape index (κ3) is 3.23.